The molecule has 0 aliphatic rings. The van der Waals surface area contributed by atoms with Crippen molar-refractivity contribution < 1.29 is 4.42 Å². The molecule has 0 saturated carbocycles. The van der Waals surface area contributed by atoms with Crippen LogP contribution in [0.1, 0.15) is 17.2 Å². The normalized spacial score (nSPS) is 12.7. The van der Waals surface area contributed by atoms with Crippen LogP contribution in [0.25, 0.3) is 0 Å². The van der Waals surface area contributed by atoms with Gasteiger partial charge in [0, 0.05) is 21.1 Å². The van der Waals surface area contributed by atoms with Gasteiger partial charge in [0.1, 0.15) is 0 Å². The lowest BCUT2D eigenvalue weighted by Gasteiger charge is -2.10. The molecule has 0 spiro atoms. The van der Waals surface area contributed by atoms with E-state index in [0.29, 0.717) is 6.42 Å². The molecule has 0 aliphatic carbocycles. The van der Waals surface area contributed by atoms with Crippen LogP contribution in [0.2, 0.25) is 5.02 Å². The first-order valence-corrected chi connectivity index (χ1v) is 6.05. The summed E-state index contributed by atoms with van der Waals surface area (Å²) in [6, 6.07) is 7.60. The average molecular weight is 301 g/mol. The van der Waals surface area contributed by atoms with Crippen LogP contribution in [-0.4, -0.2) is 0 Å². The minimum absolute atomic E-state index is 0.0857. The molecule has 2 rings (SSSR count). The van der Waals surface area contributed by atoms with Crippen molar-refractivity contribution in [3.05, 3.63) is 57.4 Å². The van der Waals surface area contributed by atoms with E-state index in [1.165, 1.54) is 0 Å². The Bertz CT molecular complexity index is 470. The van der Waals surface area contributed by atoms with Gasteiger partial charge in [0.05, 0.1) is 12.5 Å². The Morgan fingerprint density at radius 2 is 2.19 bits per heavy atom. The Morgan fingerprint density at radius 1 is 1.38 bits per heavy atom. The molecule has 0 fully saturated rings. The van der Waals surface area contributed by atoms with Crippen molar-refractivity contribution in [3.8, 4) is 0 Å². The van der Waals surface area contributed by atoms with Gasteiger partial charge in [-0.3, -0.25) is 0 Å². The standard InChI is InChI=1S/C12H11BrClNO/c13-10-2-1-8(11(14)6-10)5-12(15)9-3-4-16-7-9/h1-4,6-7,12H,5,15H2. The predicted molar refractivity (Wildman–Crippen MR) is 68.5 cm³/mol. The van der Waals surface area contributed by atoms with E-state index >= 15 is 0 Å². The number of rotatable bonds is 3. The van der Waals surface area contributed by atoms with Gasteiger partial charge in [-0.05, 0) is 30.2 Å². The lowest BCUT2D eigenvalue weighted by atomic mass is 10.0. The average Bonchev–Trinajstić information content (AvgIpc) is 2.75. The van der Waals surface area contributed by atoms with Gasteiger partial charge in [-0.1, -0.05) is 33.6 Å². The number of hydrogen-bond donors (Lipinski definition) is 1. The molecular weight excluding hydrogens is 289 g/mol. The molecule has 2 N–H and O–H groups in total. The van der Waals surface area contributed by atoms with Crippen LogP contribution in [0, 0.1) is 0 Å². The summed E-state index contributed by atoms with van der Waals surface area (Å²) in [4.78, 5) is 0. The van der Waals surface area contributed by atoms with Gasteiger partial charge in [-0.2, -0.15) is 0 Å². The maximum absolute atomic E-state index is 6.13. The first-order valence-electron chi connectivity index (χ1n) is 4.88. The number of hydrogen-bond acceptors (Lipinski definition) is 2. The Hall–Kier alpha value is -0.770. The maximum Gasteiger partial charge on any atom is 0.0950 e. The van der Waals surface area contributed by atoms with Gasteiger partial charge in [-0.25, -0.2) is 0 Å². The Morgan fingerprint density at radius 3 is 2.81 bits per heavy atom. The van der Waals surface area contributed by atoms with Crippen molar-refractivity contribution in [2.45, 2.75) is 12.5 Å². The highest BCUT2D eigenvalue weighted by atomic mass is 79.9. The van der Waals surface area contributed by atoms with E-state index in [1.807, 2.05) is 24.3 Å². The third-order valence-electron chi connectivity index (χ3n) is 2.43. The van der Waals surface area contributed by atoms with E-state index in [-0.39, 0.29) is 6.04 Å². The summed E-state index contributed by atoms with van der Waals surface area (Å²) in [5.74, 6) is 0. The van der Waals surface area contributed by atoms with E-state index in [9.17, 15) is 0 Å². The summed E-state index contributed by atoms with van der Waals surface area (Å²) >= 11 is 9.50. The van der Waals surface area contributed by atoms with Crippen LogP contribution < -0.4 is 5.73 Å². The first-order chi connectivity index (χ1) is 7.66. The second-order valence-corrected chi connectivity index (χ2v) is 4.93. The predicted octanol–water partition coefficient (Wildman–Crippen LogP) is 3.94. The molecule has 16 heavy (non-hydrogen) atoms. The molecule has 0 bridgehead atoms. The summed E-state index contributed by atoms with van der Waals surface area (Å²) in [6.07, 6.45) is 3.99. The fourth-order valence-corrected chi connectivity index (χ4v) is 2.28. The lowest BCUT2D eigenvalue weighted by Crippen LogP contribution is -2.12. The summed E-state index contributed by atoms with van der Waals surface area (Å²) in [6.45, 7) is 0. The van der Waals surface area contributed by atoms with Crippen molar-refractivity contribution in [2.75, 3.05) is 0 Å². The highest BCUT2D eigenvalue weighted by molar-refractivity contribution is 9.10. The van der Waals surface area contributed by atoms with E-state index in [4.69, 9.17) is 21.8 Å². The monoisotopic (exact) mass is 299 g/mol. The summed E-state index contributed by atoms with van der Waals surface area (Å²) in [7, 11) is 0. The molecule has 0 radical (unpaired) electrons. The van der Waals surface area contributed by atoms with Gasteiger partial charge in [0.25, 0.3) is 0 Å². The third kappa shape index (κ3) is 2.67. The Kier molecular flexibility index (Phi) is 3.69. The van der Waals surface area contributed by atoms with E-state index < -0.39 is 0 Å². The van der Waals surface area contributed by atoms with Crippen LogP contribution >= 0.6 is 27.5 Å². The number of benzene rings is 1. The van der Waals surface area contributed by atoms with Crippen LogP contribution in [-0.2, 0) is 6.42 Å². The molecule has 2 aromatic rings. The van der Waals surface area contributed by atoms with Crippen molar-refractivity contribution >= 4 is 27.5 Å². The molecule has 0 saturated heterocycles. The zero-order chi connectivity index (χ0) is 11.5. The quantitative estimate of drug-likeness (QED) is 0.932. The van der Waals surface area contributed by atoms with Crippen molar-refractivity contribution in [2.24, 2.45) is 5.73 Å². The van der Waals surface area contributed by atoms with Crippen molar-refractivity contribution in [3.63, 3.8) is 0 Å². The van der Waals surface area contributed by atoms with Crippen LogP contribution in [0.5, 0.6) is 0 Å². The summed E-state index contributed by atoms with van der Waals surface area (Å²) in [5, 5.41) is 0.730. The van der Waals surface area contributed by atoms with Crippen molar-refractivity contribution in [1.82, 2.24) is 0 Å². The summed E-state index contributed by atoms with van der Waals surface area (Å²) < 4.78 is 5.97. The molecule has 1 heterocycles. The highest BCUT2D eigenvalue weighted by Crippen LogP contribution is 2.25. The molecule has 1 atom stereocenters. The fraction of sp³-hybridized carbons (Fsp3) is 0.167. The molecule has 0 aliphatic heterocycles. The van der Waals surface area contributed by atoms with Gasteiger partial charge in [0.15, 0.2) is 0 Å². The van der Waals surface area contributed by atoms with Crippen LogP contribution in [0.4, 0.5) is 0 Å². The third-order valence-corrected chi connectivity index (χ3v) is 3.27. The van der Waals surface area contributed by atoms with Gasteiger partial charge < -0.3 is 10.2 Å². The topological polar surface area (TPSA) is 39.2 Å². The number of nitrogens with two attached hydrogens (primary N) is 1. The highest BCUT2D eigenvalue weighted by Gasteiger charge is 2.10. The lowest BCUT2D eigenvalue weighted by molar-refractivity contribution is 0.558. The number of furan rings is 1. The second-order valence-electron chi connectivity index (χ2n) is 3.60. The zero-order valence-corrected chi connectivity index (χ0v) is 10.8. The largest absolute Gasteiger partial charge is 0.472 e. The summed E-state index contributed by atoms with van der Waals surface area (Å²) in [5.41, 5.74) is 8.07. The minimum Gasteiger partial charge on any atom is -0.472 e. The van der Waals surface area contributed by atoms with Gasteiger partial charge in [-0.15, -0.1) is 0 Å². The van der Waals surface area contributed by atoms with E-state index in [1.54, 1.807) is 12.5 Å². The Labute approximate surface area is 108 Å². The van der Waals surface area contributed by atoms with Crippen molar-refractivity contribution in [1.29, 1.82) is 0 Å². The molecule has 1 aromatic carbocycles. The van der Waals surface area contributed by atoms with E-state index in [0.717, 1.165) is 20.6 Å². The number of halogens is 2. The first kappa shape index (κ1) is 11.7. The molecule has 4 heteroatoms. The second kappa shape index (κ2) is 5.04. The van der Waals surface area contributed by atoms with Gasteiger partial charge >= 0.3 is 0 Å². The minimum atomic E-state index is -0.0857. The molecule has 2 nitrogen and oxygen atoms in total. The molecule has 84 valence electrons. The van der Waals surface area contributed by atoms with Crippen LogP contribution in [0.15, 0.2) is 45.7 Å². The smallest absolute Gasteiger partial charge is 0.0950 e. The van der Waals surface area contributed by atoms with Gasteiger partial charge in [0.2, 0.25) is 0 Å². The SMILES string of the molecule is NC(Cc1ccc(Br)cc1Cl)c1ccoc1. The molecular formula is C12H11BrClNO. The molecule has 1 unspecified atom stereocenters. The van der Waals surface area contributed by atoms with Crippen LogP contribution in [0.3, 0.4) is 0 Å². The molecule has 1 aromatic heterocycles. The Balaban J connectivity index is 2.15. The fourth-order valence-electron chi connectivity index (χ4n) is 1.53. The van der Waals surface area contributed by atoms with E-state index in [2.05, 4.69) is 15.9 Å². The maximum atomic E-state index is 6.13. The molecule has 0 amide bonds. The zero-order valence-electron chi connectivity index (χ0n) is 8.49.